The van der Waals surface area contributed by atoms with Gasteiger partial charge in [-0.05, 0) is 40.8 Å². The number of ether oxygens (including phenoxy) is 1. The molecular weight excluding hydrogens is 252 g/mol. The number of hydrogen-bond acceptors (Lipinski definition) is 3. The fraction of sp³-hybridized carbons (Fsp3) is 0.933. The van der Waals surface area contributed by atoms with Crippen LogP contribution in [-0.2, 0) is 4.74 Å². The van der Waals surface area contributed by atoms with E-state index >= 15 is 0 Å². The van der Waals surface area contributed by atoms with Crippen molar-refractivity contribution in [2.45, 2.75) is 32.2 Å². The standard InChI is InChI=1S/C15H30N4O/c1-14(2,18(4)5)10-17-13(16-3)19-8-6-15(11-19)7-9-20-12-15/h6-12H2,1-5H3,(H,16,17). The average Bonchev–Trinajstić information content (AvgIpc) is 3.01. The summed E-state index contributed by atoms with van der Waals surface area (Å²) in [6, 6.07) is 0. The first-order valence-electron chi connectivity index (χ1n) is 7.59. The van der Waals surface area contributed by atoms with E-state index < -0.39 is 0 Å². The van der Waals surface area contributed by atoms with Gasteiger partial charge in [0.1, 0.15) is 0 Å². The molecule has 0 amide bonds. The summed E-state index contributed by atoms with van der Waals surface area (Å²) in [5.41, 5.74) is 0.499. The van der Waals surface area contributed by atoms with Gasteiger partial charge in [0, 0.05) is 44.2 Å². The highest BCUT2D eigenvalue weighted by molar-refractivity contribution is 5.80. The van der Waals surface area contributed by atoms with Crippen LogP contribution in [0.25, 0.3) is 0 Å². The minimum atomic E-state index is 0.115. The van der Waals surface area contributed by atoms with Gasteiger partial charge < -0.3 is 19.9 Å². The SMILES string of the molecule is CN=C(NCC(C)(C)N(C)C)N1CCC2(CCOC2)C1. The van der Waals surface area contributed by atoms with Gasteiger partial charge in [0.05, 0.1) is 6.61 Å². The third-order valence-electron chi connectivity index (χ3n) is 5.02. The summed E-state index contributed by atoms with van der Waals surface area (Å²) in [6.07, 6.45) is 2.43. The second-order valence-electron chi connectivity index (χ2n) is 7.08. The smallest absolute Gasteiger partial charge is 0.193 e. The molecule has 1 N–H and O–H groups in total. The van der Waals surface area contributed by atoms with Gasteiger partial charge in [0.2, 0.25) is 0 Å². The van der Waals surface area contributed by atoms with Crippen LogP contribution in [0.2, 0.25) is 0 Å². The van der Waals surface area contributed by atoms with Gasteiger partial charge in [-0.2, -0.15) is 0 Å². The van der Waals surface area contributed by atoms with Gasteiger partial charge in [-0.25, -0.2) is 0 Å². The van der Waals surface area contributed by atoms with Gasteiger partial charge in [0.15, 0.2) is 5.96 Å². The molecule has 2 heterocycles. The van der Waals surface area contributed by atoms with Crippen molar-refractivity contribution in [1.82, 2.24) is 15.1 Å². The van der Waals surface area contributed by atoms with Gasteiger partial charge in [0.25, 0.3) is 0 Å². The number of guanidine groups is 1. The second kappa shape index (κ2) is 5.90. The molecule has 5 heteroatoms. The molecule has 0 saturated carbocycles. The van der Waals surface area contributed by atoms with Crippen molar-refractivity contribution in [2.24, 2.45) is 10.4 Å². The molecule has 2 saturated heterocycles. The van der Waals surface area contributed by atoms with Gasteiger partial charge in [-0.15, -0.1) is 0 Å². The maximum absolute atomic E-state index is 5.60. The fourth-order valence-corrected chi connectivity index (χ4v) is 2.87. The zero-order chi connectivity index (χ0) is 14.8. The molecule has 5 nitrogen and oxygen atoms in total. The molecule has 0 radical (unpaired) electrons. The fourth-order valence-electron chi connectivity index (χ4n) is 2.87. The molecule has 0 aliphatic carbocycles. The van der Waals surface area contributed by atoms with Crippen LogP contribution in [0.5, 0.6) is 0 Å². The number of rotatable bonds is 3. The topological polar surface area (TPSA) is 40.1 Å². The molecule has 2 rings (SSSR count). The van der Waals surface area contributed by atoms with Crippen LogP contribution >= 0.6 is 0 Å². The van der Waals surface area contributed by atoms with Crippen molar-refractivity contribution in [3.8, 4) is 0 Å². The maximum atomic E-state index is 5.60. The van der Waals surface area contributed by atoms with E-state index in [9.17, 15) is 0 Å². The van der Waals surface area contributed by atoms with Gasteiger partial charge in [-0.1, -0.05) is 0 Å². The Balaban J connectivity index is 1.90. The average molecular weight is 282 g/mol. The highest BCUT2D eigenvalue weighted by Gasteiger charge is 2.42. The number of likely N-dealkylation sites (tertiary alicyclic amines) is 1. The summed E-state index contributed by atoms with van der Waals surface area (Å²) < 4.78 is 5.60. The van der Waals surface area contributed by atoms with Crippen molar-refractivity contribution in [1.29, 1.82) is 0 Å². The largest absolute Gasteiger partial charge is 0.381 e. The molecule has 116 valence electrons. The van der Waals surface area contributed by atoms with E-state index in [1.54, 1.807) is 0 Å². The number of aliphatic imine (C=N–C) groups is 1. The lowest BCUT2D eigenvalue weighted by Gasteiger charge is -2.34. The summed E-state index contributed by atoms with van der Waals surface area (Å²) in [7, 11) is 6.11. The first-order valence-corrected chi connectivity index (χ1v) is 7.59. The van der Waals surface area contributed by atoms with E-state index in [2.05, 4.69) is 48.1 Å². The minimum Gasteiger partial charge on any atom is -0.381 e. The van der Waals surface area contributed by atoms with Crippen LogP contribution < -0.4 is 5.32 Å². The van der Waals surface area contributed by atoms with Gasteiger partial charge in [-0.3, -0.25) is 4.99 Å². The third-order valence-corrected chi connectivity index (χ3v) is 5.02. The molecule has 2 aliphatic heterocycles. The Bertz CT molecular complexity index is 359. The predicted octanol–water partition coefficient (Wildman–Crippen LogP) is 1.01. The molecule has 2 fully saturated rings. The molecule has 1 atom stereocenters. The number of hydrogen-bond donors (Lipinski definition) is 1. The maximum Gasteiger partial charge on any atom is 0.193 e. The highest BCUT2D eigenvalue weighted by Crippen LogP contribution is 2.38. The molecule has 2 aliphatic rings. The molecule has 1 unspecified atom stereocenters. The Kier molecular flexibility index (Phi) is 4.59. The van der Waals surface area contributed by atoms with Crippen molar-refractivity contribution < 1.29 is 4.74 Å². The molecule has 20 heavy (non-hydrogen) atoms. The molecular formula is C15H30N4O. The predicted molar refractivity (Wildman–Crippen MR) is 83.2 cm³/mol. The Hall–Kier alpha value is -0.810. The Morgan fingerprint density at radius 2 is 2.15 bits per heavy atom. The summed E-state index contributed by atoms with van der Waals surface area (Å²) in [6.45, 7) is 9.39. The summed E-state index contributed by atoms with van der Waals surface area (Å²) in [5, 5.41) is 3.53. The van der Waals surface area contributed by atoms with Crippen molar-refractivity contribution in [2.75, 3.05) is 54.0 Å². The highest BCUT2D eigenvalue weighted by atomic mass is 16.5. The van der Waals surface area contributed by atoms with Crippen LogP contribution in [0.4, 0.5) is 0 Å². The van der Waals surface area contributed by atoms with Crippen molar-refractivity contribution in [3.63, 3.8) is 0 Å². The molecule has 0 aromatic rings. The molecule has 1 spiro atoms. The zero-order valence-corrected chi connectivity index (χ0v) is 13.7. The zero-order valence-electron chi connectivity index (χ0n) is 13.7. The molecule has 0 bridgehead atoms. The summed E-state index contributed by atoms with van der Waals surface area (Å²) >= 11 is 0. The number of nitrogens with one attached hydrogen (secondary N) is 1. The Morgan fingerprint density at radius 1 is 1.40 bits per heavy atom. The van der Waals surface area contributed by atoms with E-state index in [0.717, 1.165) is 38.8 Å². The van der Waals surface area contributed by atoms with Crippen LogP contribution in [0, 0.1) is 5.41 Å². The lowest BCUT2D eigenvalue weighted by atomic mass is 9.87. The summed E-state index contributed by atoms with van der Waals surface area (Å²) in [4.78, 5) is 9.09. The normalized spacial score (nSPS) is 27.9. The molecule has 0 aromatic carbocycles. The number of likely N-dealkylation sites (N-methyl/N-ethyl adjacent to an activating group) is 1. The van der Waals surface area contributed by atoms with Gasteiger partial charge >= 0.3 is 0 Å². The molecule has 0 aromatic heterocycles. The first kappa shape index (κ1) is 15.6. The van der Waals surface area contributed by atoms with Crippen molar-refractivity contribution in [3.05, 3.63) is 0 Å². The van der Waals surface area contributed by atoms with E-state index in [0.29, 0.717) is 5.41 Å². The van der Waals surface area contributed by atoms with E-state index in [4.69, 9.17) is 4.74 Å². The van der Waals surface area contributed by atoms with E-state index in [-0.39, 0.29) is 5.54 Å². The van der Waals surface area contributed by atoms with Crippen LogP contribution in [0.1, 0.15) is 26.7 Å². The monoisotopic (exact) mass is 282 g/mol. The number of nitrogens with zero attached hydrogens (tertiary/aromatic N) is 3. The lowest BCUT2D eigenvalue weighted by molar-refractivity contribution is 0.156. The second-order valence-corrected chi connectivity index (χ2v) is 7.08. The Labute approximate surface area is 123 Å². The summed E-state index contributed by atoms with van der Waals surface area (Å²) in [5.74, 6) is 1.03. The Morgan fingerprint density at radius 3 is 2.70 bits per heavy atom. The first-order chi connectivity index (χ1) is 9.38. The quantitative estimate of drug-likeness (QED) is 0.620. The third kappa shape index (κ3) is 3.26. The van der Waals surface area contributed by atoms with Crippen molar-refractivity contribution >= 4 is 5.96 Å². The van der Waals surface area contributed by atoms with E-state index in [1.165, 1.54) is 12.8 Å². The minimum absolute atomic E-state index is 0.115. The van der Waals surface area contributed by atoms with Crippen LogP contribution in [0.15, 0.2) is 4.99 Å². The van der Waals surface area contributed by atoms with Crippen LogP contribution in [-0.4, -0.2) is 75.3 Å². The lowest BCUT2D eigenvalue weighted by Crippen LogP contribution is -2.51. The van der Waals surface area contributed by atoms with Crippen LogP contribution in [0.3, 0.4) is 0 Å². The van der Waals surface area contributed by atoms with E-state index in [1.807, 2.05) is 7.05 Å².